The van der Waals surface area contributed by atoms with Gasteiger partial charge in [0.2, 0.25) is 0 Å². The molecule has 0 unspecified atom stereocenters. The molecule has 1 saturated heterocycles. The molecule has 3 heteroatoms. The Labute approximate surface area is 127 Å². The fraction of sp³-hybridized carbons (Fsp3) is 0.333. The van der Waals surface area contributed by atoms with Gasteiger partial charge in [-0.25, -0.2) is 0 Å². The van der Waals surface area contributed by atoms with Gasteiger partial charge in [0.1, 0.15) is 6.10 Å². The molecule has 3 rings (SSSR count). The van der Waals surface area contributed by atoms with E-state index >= 15 is 0 Å². The highest BCUT2D eigenvalue weighted by Gasteiger charge is 2.51. The fourth-order valence-electron chi connectivity index (χ4n) is 3.17. The zero-order valence-corrected chi connectivity index (χ0v) is 13.6. The topological polar surface area (TPSA) is 32.8 Å². The molecule has 0 radical (unpaired) electrons. The lowest BCUT2D eigenvalue weighted by Gasteiger charge is -2.31. The first-order chi connectivity index (χ1) is 10.1. The van der Waals surface area contributed by atoms with E-state index in [1.807, 2.05) is 24.3 Å². The summed E-state index contributed by atoms with van der Waals surface area (Å²) in [7, 11) is -1.76. The van der Waals surface area contributed by atoms with Crippen molar-refractivity contribution in [3.8, 4) is 0 Å². The van der Waals surface area contributed by atoms with Gasteiger partial charge in [0, 0.05) is 12.1 Å². The average molecular weight is 298 g/mol. The van der Waals surface area contributed by atoms with Crippen molar-refractivity contribution >= 4 is 13.3 Å². The van der Waals surface area contributed by atoms with Crippen molar-refractivity contribution in [2.75, 3.05) is 6.61 Å². The van der Waals surface area contributed by atoms with Gasteiger partial charge < -0.3 is 9.84 Å². The second kappa shape index (κ2) is 5.76. The highest BCUT2D eigenvalue weighted by atomic mass is 28.3. The fourth-order valence-corrected chi connectivity index (χ4v) is 6.18. The molecule has 3 atom stereocenters. The molecular weight excluding hydrogens is 276 g/mol. The van der Waals surface area contributed by atoms with Gasteiger partial charge in [-0.1, -0.05) is 78.9 Å². The van der Waals surface area contributed by atoms with Crippen LogP contribution >= 0.6 is 0 Å². The van der Waals surface area contributed by atoms with Crippen LogP contribution in [-0.4, -0.2) is 25.9 Å². The van der Waals surface area contributed by atoms with Gasteiger partial charge >= 0.3 is 0 Å². The summed E-state index contributed by atoms with van der Waals surface area (Å²) in [6.45, 7) is 4.85. The van der Waals surface area contributed by atoms with Gasteiger partial charge in [-0.15, -0.1) is 0 Å². The molecule has 1 aliphatic heterocycles. The largest absolute Gasteiger partial charge is 0.396 e. The maximum absolute atomic E-state index is 9.95. The summed E-state index contributed by atoms with van der Waals surface area (Å²) in [6, 6.07) is 20.9. The summed E-state index contributed by atoms with van der Waals surface area (Å²) < 4.78 is 5.94. The number of ether oxygens (including phenoxy) is 1. The predicted molar refractivity (Wildman–Crippen MR) is 88.4 cm³/mol. The monoisotopic (exact) mass is 298 g/mol. The third kappa shape index (κ3) is 2.82. The number of hydrogen-bond acceptors (Lipinski definition) is 2. The van der Waals surface area contributed by atoms with E-state index in [1.165, 1.54) is 10.8 Å². The van der Waals surface area contributed by atoms with Gasteiger partial charge in [-0.3, -0.25) is 0 Å². The van der Waals surface area contributed by atoms with Crippen LogP contribution < -0.4 is 5.19 Å². The molecule has 0 amide bonds. The molecular formula is C18H22O2Si. The molecule has 110 valence electrons. The zero-order chi connectivity index (χ0) is 14.9. The molecule has 21 heavy (non-hydrogen) atoms. The van der Waals surface area contributed by atoms with Crippen LogP contribution in [0, 0.1) is 0 Å². The van der Waals surface area contributed by atoms with Crippen molar-refractivity contribution < 1.29 is 9.84 Å². The Hall–Kier alpha value is -1.42. The molecule has 2 aromatic rings. The van der Waals surface area contributed by atoms with Crippen molar-refractivity contribution in [3.63, 3.8) is 0 Å². The molecule has 2 aromatic carbocycles. The third-order valence-corrected chi connectivity index (χ3v) is 8.88. The number of benzene rings is 2. The van der Waals surface area contributed by atoms with Crippen molar-refractivity contribution in [3.05, 3.63) is 66.2 Å². The van der Waals surface area contributed by atoms with Crippen LogP contribution in [0.25, 0.3) is 0 Å². The Morgan fingerprint density at radius 3 is 2.14 bits per heavy atom. The van der Waals surface area contributed by atoms with Gasteiger partial charge in [-0.2, -0.15) is 0 Å². The zero-order valence-electron chi connectivity index (χ0n) is 12.6. The molecule has 0 aromatic heterocycles. The SMILES string of the molecule is C[Si](C)(c1ccccc1)[C@@H](CO)[C@H]1O[C@@H]1c1ccccc1. The maximum Gasteiger partial charge on any atom is 0.109 e. The van der Waals surface area contributed by atoms with Crippen molar-refractivity contribution in [2.24, 2.45) is 0 Å². The highest BCUT2D eigenvalue weighted by molar-refractivity contribution is 6.91. The molecule has 1 N–H and O–H groups in total. The predicted octanol–water partition coefficient (Wildman–Crippen LogP) is 3.10. The Morgan fingerprint density at radius 2 is 1.57 bits per heavy atom. The first-order valence-electron chi connectivity index (χ1n) is 7.51. The number of epoxide rings is 1. The molecule has 1 fully saturated rings. The first-order valence-corrected chi connectivity index (χ1v) is 10.6. The van der Waals surface area contributed by atoms with Crippen LogP contribution in [0.1, 0.15) is 11.7 Å². The minimum atomic E-state index is -1.76. The van der Waals surface area contributed by atoms with Gasteiger partial charge in [-0.05, 0) is 5.56 Å². The normalized spacial score (nSPS) is 22.8. The van der Waals surface area contributed by atoms with Gasteiger partial charge in [0.25, 0.3) is 0 Å². The summed E-state index contributed by atoms with van der Waals surface area (Å²) >= 11 is 0. The highest BCUT2D eigenvalue weighted by Crippen LogP contribution is 2.48. The molecule has 1 heterocycles. The Kier molecular flexibility index (Phi) is 3.98. The van der Waals surface area contributed by atoms with E-state index in [1.54, 1.807) is 0 Å². The van der Waals surface area contributed by atoms with E-state index in [0.29, 0.717) is 0 Å². The Bertz CT molecular complexity index is 583. The second-order valence-corrected chi connectivity index (χ2v) is 11.1. The molecule has 2 nitrogen and oxygen atoms in total. The maximum atomic E-state index is 9.95. The molecule has 1 aliphatic rings. The average Bonchev–Trinajstić information content (AvgIpc) is 3.30. The second-order valence-electron chi connectivity index (χ2n) is 6.31. The summed E-state index contributed by atoms with van der Waals surface area (Å²) in [6.07, 6.45) is 0.304. The van der Waals surface area contributed by atoms with E-state index in [9.17, 15) is 5.11 Å². The van der Waals surface area contributed by atoms with Crippen LogP contribution in [0.4, 0.5) is 0 Å². The third-order valence-electron chi connectivity index (χ3n) is 4.69. The minimum absolute atomic E-state index is 0.152. The summed E-state index contributed by atoms with van der Waals surface area (Å²) in [5.74, 6) is 0. The smallest absolute Gasteiger partial charge is 0.109 e. The standard InChI is InChI=1S/C18H22O2Si/c1-21(2,15-11-7-4-8-12-15)16(13-19)18-17(20-18)14-9-5-3-6-10-14/h3-12,16-19H,13H2,1-2H3/t16-,17+,18+/m0/s1. The van der Waals surface area contributed by atoms with E-state index in [2.05, 4.69) is 49.5 Å². The number of rotatable bonds is 5. The van der Waals surface area contributed by atoms with Crippen molar-refractivity contribution in [2.45, 2.75) is 30.8 Å². The van der Waals surface area contributed by atoms with E-state index < -0.39 is 8.07 Å². The van der Waals surface area contributed by atoms with Crippen LogP contribution in [0.2, 0.25) is 18.6 Å². The lowest BCUT2D eigenvalue weighted by atomic mass is 10.1. The van der Waals surface area contributed by atoms with Crippen LogP contribution in [0.3, 0.4) is 0 Å². The van der Waals surface area contributed by atoms with Crippen LogP contribution in [0.5, 0.6) is 0 Å². The lowest BCUT2D eigenvalue weighted by Crippen LogP contribution is -2.49. The van der Waals surface area contributed by atoms with Crippen LogP contribution in [0.15, 0.2) is 60.7 Å². The summed E-state index contributed by atoms with van der Waals surface area (Å²) in [4.78, 5) is 0. The van der Waals surface area contributed by atoms with Gasteiger partial charge in [0.05, 0.1) is 14.2 Å². The first kappa shape index (κ1) is 14.5. The summed E-state index contributed by atoms with van der Waals surface area (Å²) in [5, 5.41) is 11.3. The Morgan fingerprint density at radius 1 is 1.00 bits per heavy atom. The van der Waals surface area contributed by atoms with Crippen molar-refractivity contribution in [1.82, 2.24) is 0 Å². The molecule has 0 spiro atoms. The number of hydrogen-bond donors (Lipinski definition) is 1. The lowest BCUT2D eigenvalue weighted by molar-refractivity contribution is 0.259. The van der Waals surface area contributed by atoms with E-state index in [-0.39, 0.29) is 24.4 Å². The summed E-state index contributed by atoms with van der Waals surface area (Å²) in [5.41, 5.74) is 1.45. The Balaban J connectivity index is 1.81. The van der Waals surface area contributed by atoms with E-state index in [4.69, 9.17) is 4.74 Å². The quantitative estimate of drug-likeness (QED) is 0.679. The minimum Gasteiger partial charge on any atom is -0.396 e. The molecule has 0 aliphatic carbocycles. The number of aliphatic hydroxyl groups is 1. The van der Waals surface area contributed by atoms with Crippen LogP contribution in [-0.2, 0) is 4.74 Å². The van der Waals surface area contributed by atoms with Gasteiger partial charge in [0.15, 0.2) is 0 Å². The van der Waals surface area contributed by atoms with Crippen molar-refractivity contribution in [1.29, 1.82) is 0 Å². The molecule has 0 bridgehead atoms. The van der Waals surface area contributed by atoms with E-state index in [0.717, 1.165) is 0 Å². The molecule has 0 saturated carbocycles. The number of aliphatic hydroxyl groups excluding tert-OH is 1.